The van der Waals surface area contributed by atoms with E-state index in [1.807, 2.05) is 0 Å². The van der Waals surface area contributed by atoms with Gasteiger partial charge in [-0.3, -0.25) is 14.9 Å². The number of hydrogen-bond acceptors (Lipinski definition) is 5. The summed E-state index contributed by atoms with van der Waals surface area (Å²) < 4.78 is 4.85. The summed E-state index contributed by atoms with van der Waals surface area (Å²) in [5.74, 6) is -1.07. The summed E-state index contributed by atoms with van der Waals surface area (Å²) in [6, 6.07) is 3.72. The second-order valence-electron chi connectivity index (χ2n) is 5.55. The predicted octanol–water partition coefficient (Wildman–Crippen LogP) is 2.83. The van der Waals surface area contributed by atoms with Crippen LogP contribution in [0.5, 0.6) is 0 Å². The molecule has 124 valence electrons. The monoisotopic (exact) mass is 320 g/mol. The van der Waals surface area contributed by atoms with Gasteiger partial charge in [-0.1, -0.05) is 19.3 Å². The number of carbonyl (C=O) groups excluding carboxylic acids is 2. The number of nitro benzene ring substituents is 1. The minimum Gasteiger partial charge on any atom is -0.462 e. The van der Waals surface area contributed by atoms with Gasteiger partial charge in [0.1, 0.15) is 0 Å². The molecule has 1 aromatic rings. The molecule has 2 rings (SSSR count). The highest BCUT2D eigenvalue weighted by atomic mass is 16.6. The van der Waals surface area contributed by atoms with E-state index in [0.29, 0.717) is 0 Å². The third-order valence-corrected chi connectivity index (χ3v) is 3.84. The molecule has 1 aromatic carbocycles. The summed E-state index contributed by atoms with van der Waals surface area (Å²) >= 11 is 0. The van der Waals surface area contributed by atoms with E-state index in [-0.39, 0.29) is 29.5 Å². The van der Waals surface area contributed by atoms with Crippen LogP contribution < -0.4 is 5.32 Å². The van der Waals surface area contributed by atoms with Gasteiger partial charge in [-0.15, -0.1) is 0 Å². The number of esters is 1. The number of ether oxygens (including phenoxy) is 1. The zero-order chi connectivity index (χ0) is 16.8. The lowest BCUT2D eigenvalue weighted by molar-refractivity contribution is -0.384. The van der Waals surface area contributed by atoms with Crippen LogP contribution in [0.25, 0.3) is 0 Å². The molecule has 0 atom stereocenters. The summed E-state index contributed by atoms with van der Waals surface area (Å²) in [6.45, 7) is 1.80. The Morgan fingerprint density at radius 3 is 2.48 bits per heavy atom. The average molecular weight is 320 g/mol. The minimum absolute atomic E-state index is 0.00911. The first kappa shape index (κ1) is 16.9. The number of benzene rings is 1. The zero-order valence-electron chi connectivity index (χ0n) is 13.0. The topological polar surface area (TPSA) is 98.5 Å². The van der Waals surface area contributed by atoms with E-state index in [1.54, 1.807) is 6.92 Å². The van der Waals surface area contributed by atoms with Crippen molar-refractivity contribution in [2.75, 3.05) is 6.61 Å². The molecule has 1 N–H and O–H groups in total. The van der Waals surface area contributed by atoms with E-state index < -0.39 is 16.8 Å². The van der Waals surface area contributed by atoms with Crippen LogP contribution in [0, 0.1) is 10.1 Å². The predicted molar refractivity (Wildman–Crippen MR) is 83.4 cm³/mol. The lowest BCUT2D eigenvalue weighted by Gasteiger charge is -2.22. The molecule has 0 unspecified atom stereocenters. The van der Waals surface area contributed by atoms with Crippen LogP contribution in [0.1, 0.15) is 59.7 Å². The molecule has 0 aliphatic heterocycles. The standard InChI is InChI=1S/C16H20N2O5/c1-2-23-16(20)12-8-11(9-14(10-12)18(21)22)15(19)17-13-6-4-3-5-7-13/h8-10,13H,2-7H2,1H3,(H,17,19). The molecule has 1 fully saturated rings. The fourth-order valence-corrected chi connectivity index (χ4v) is 2.70. The number of carbonyl (C=O) groups is 2. The van der Waals surface area contributed by atoms with Gasteiger partial charge in [0.15, 0.2) is 0 Å². The number of nitro groups is 1. The molecule has 1 amide bonds. The molecule has 1 aliphatic rings. The molecule has 0 saturated heterocycles. The highest BCUT2D eigenvalue weighted by molar-refractivity contribution is 5.99. The van der Waals surface area contributed by atoms with Gasteiger partial charge in [-0.25, -0.2) is 4.79 Å². The first-order chi connectivity index (χ1) is 11.0. The molecule has 1 saturated carbocycles. The zero-order valence-corrected chi connectivity index (χ0v) is 13.0. The van der Waals surface area contributed by atoms with Crippen molar-refractivity contribution in [3.05, 3.63) is 39.4 Å². The molecule has 0 bridgehead atoms. The van der Waals surface area contributed by atoms with Gasteiger partial charge >= 0.3 is 5.97 Å². The largest absolute Gasteiger partial charge is 0.462 e. The summed E-state index contributed by atoms with van der Waals surface area (Å²) in [7, 11) is 0. The van der Waals surface area contributed by atoms with Crippen LogP contribution in [-0.2, 0) is 4.74 Å². The smallest absolute Gasteiger partial charge is 0.338 e. The van der Waals surface area contributed by atoms with Crippen molar-refractivity contribution in [1.82, 2.24) is 5.32 Å². The number of nitrogens with zero attached hydrogens (tertiary/aromatic N) is 1. The highest BCUT2D eigenvalue weighted by Gasteiger charge is 2.21. The van der Waals surface area contributed by atoms with Gasteiger partial charge in [0.25, 0.3) is 11.6 Å². The van der Waals surface area contributed by atoms with Crippen molar-refractivity contribution < 1.29 is 19.2 Å². The highest BCUT2D eigenvalue weighted by Crippen LogP contribution is 2.21. The third-order valence-electron chi connectivity index (χ3n) is 3.84. The van der Waals surface area contributed by atoms with Crippen molar-refractivity contribution in [2.24, 2.45) is 0 Å². The number of amides is 1. The van der Waals surface area contributed by atoms with E-state index in [4.69, 9.17) is 4.74 Å². The van der Waals surface area contributed by atoms with Crippen molar-refractivity contribution in [3.8, 4) is 0 Å². The molecule has 7 heteroatoms. The SMILES string of the molecule is CCOC(=O)c1cc(C(=O)NC2CCCCC2)cc([N+](=O)[O-])c1. The number of nitrogens with one attached hydrogen (secondary N) is 1. The van der Waals surface area contributed by atoms with Gasteiger partial charge in [0.2, 0.25) is 0 Å². The van der Waals surface area contributed by atoms with Gasteiger partial charge in [-0.05, 0) is 25.8 Å². The van der Waals surface area contributed by atoms with E-state index in [9.17, 15) is 19.7 Å². The Kier molecular flexibility index (Phi) is 5.67. The van der Waals surface area contributed by atoms with Crippen LogP contribution in [0.4, 0.5) is 5.69 Å². The maximum Gasteiger partial charge on any atom is 0.338 e. The van der Waals surface area contributed by atoms with E-state index in [0.717, 1.165) is 38.2 Å². The van der Waals surface area contributed by atoms with E-state index >= 15 is 0 Å². The van der Waals surface area contributed by atoms with Gasteiger partial charge in [-0.2, -0.15) is 0 Å². The molecule has 23 heavy (non-hydrogen) atoms. The fraction of sp³-hybridized carbons (Fsp3) is 0.500. The molecule has 0 spiro atoms. The summed E-state index contributed by atoms with van der Waals surface area (Å²) in [6.07, 6.45) is 5.11. The Morgan fingerprint density at radius 2 is 1.87 bits per heavy atom. The van der Waals surface area contributed by atoms with Crippen LogP contribution in [0.2, 0.25) is 0 Å². The van der Waals surface area contributed by atoms with E-state index in [1.165, 1.54) is 12.1 Å². The summed E-state index contributed by atoms with van der Waals surface area (Å²) in [5, 5.41) is 13.9. The first-order valence-corrected chi connectivity index (χ1v) is 7.78. The average Bonchev–Trinajstić information content (AvgIpc) is 2.55. The van der Waals surface area contributed by atoms with Crippen LogP contribution in [-0.4, -0.2) is 29.4 Å². The third kappa shape index (κ3) is 4.51. The summed E-state index contributed by atoms with van der Waals surface area (Å²) in [5.41, 5.74) is -0.188. The van der Waals surface area contributed by atoms with Gasteiger partial charge in [0, 0.05) is 23.7 Å². The molecule has 0 heterocycles. The Bertz CT molecular complexity index is 608. The van der Waals surface area contributed by atoms with E-state index in [2.05, 4.69) is 5.32 Å². The number of hydrogen-bond donors (Lipinski definition) is 1. The molecule has 0 radical (unpaired) electrons. The maximum absolute atomic E-state index is 12.3. The second-order valence-corrected chi connectivity index (χ2v) is 5.55. The summed E-state index contributed by atoms with van der Waals surface area (Å²) in [4.78, 5) is 34.5. The maximum atomic E-state index is 12.3. The molecular formula is C16H20N2O5. The van der Waals surface area contributed by atoms with Crippen molar-refractivity contribution >= 4 is 17.6 Å². The molecule has 1 aliphatic carbocycles. The Morgan fingerprint density at radius 1 is 1.22 bits per heavy atom. The quantitative estimate of drug-likeness (QED) is 0.511. The van der Waals surface area contributed by atoms with Crippen molar-refractivity contribution in [1.29, 1.82) is 0 Å². The Labute approximate surface area is 134 Å². The molecule has 0 aromatic heterocycles. The first-order valence-electron chi connectivity index (χ1n) is 7.78. The van der Waals surface area contributed by atoms with Gasteiger partial charge < -0.3 is 10.1 Å². The van der Waals surface area contributed by atoms with Gasteiger partial charge in [0.05, 0.1) is 17.1 Å². The van der Waals surface area contributed by atoms with Crippen LogP contribution in [0.3, 0.4) is 0 Å². The lowest BCUT2D eigenvalue weighted by atomic mass is 9.95. The van der Waals surface area contributed by atoms with Crippen molar-refractivity contribution in [3.63, 3.8) is 0 Å². The number of rotatable bonds is 5. The fourth-order valence-electron chi connectivity index (χ4n) is 2.70. The minimum atomic E-state index is -0.678. The van der Waals surface area contributed by atoms with Crippen LogP contribution in [0.15, 0.2) is 18.2 Å². The number of non-ortho nitro benzene ring substituents is 1. The Hall–Kier alpha value is -2.44. The molecular weight excluding hydrogens is 300 g/mol. The second kappa shape index (κ2) is 7.71. The normalized spacial score (nSPS) is 15.0. The Balaban J connectivity index is 2.23. The van der Waals surface area contributed by atoms with Crippen LogP contribution >= 0.6 is 0 Å². The van der Waals surface area contributed by atoms with Crippen molar-refractivity contribution in [2.45, 2.75) is 45.1 Å². The lowest BCUT2D eigenvalue weighted by Crippen LogP contribution is -2.36. The molecule has 7 nitrogen and oxygen atoms in total.